The van der Waals surface area contributed by atoms with E-state index >= 15 is 0 Å². The number of anilines is 1. The third kappa shape index (κ3) is 3.11. The van der Waals surface area contributed by atoms with Crippen LogP contribution in [-0.4, -0.2) is 59.7 Å². The Balaban J connectivity index is 1.60. The Labute approximate surface area is 166 Å². The summed E-state index contributed by atoms with van der Waals surface area (Å²) in [7, 11) is 0. The molecule has 0 saturated carbocycles. The summed E-state index contributed by atoms with van der Waals surface area (Å²) in [5.41, 5.74) is -0.901. The number of piperazine rings is 1. The second kappa shape index (κ2) is 6.55. The van der Waals surface area contributed by atoms with Crippen molar-refractivity contribution in [1.29, 1.82) is 0 Å². The fourth-order valence-electron chi connectivity index (χ4n) is 4.55. The number of aliphatic imine (C=N–C) groups is 2. The van der Waals surface area contributed by atoms with Gasteiger partial charge in [-0.15, -0.1) is 0 Å². The van der Waals surface area contributed by atoms with Crippen LogP contribution in [0.1, 0.15) is 25.3 Å². The van der Waals surface area contributed by atoms with E-state index in [9.17, 15) is 17.6 Å². The number of nitrogens with zero attached hydrogens (tertiary/aromatic N) is 5. The second-order valence-corrected chi connectivity index (χ2v) is 7.94. The largest absolute Gasteiger partial charge is 0.419 e. The first-order valence-electron chi connectivity index (χ1n) is 9.85. The topological polar surface area (TPSA) is 34.4 Å². The van der Waals surface area contributed by atoms with E-state index in [0.717, 1.165) is 44.7 Å². The molecule has 4 aliphatic rings. The van der Waals surface area contributed by atoms with Crippen LogP contribution in [0.2, 0.25) is 0 Å². The van der Waals surface area contributed by atoms with Crippen molar-refractivity contribution in [1.82, 2.24) is 9.80 Å². The van der Waals surface area contributed by atoms with E-state index < -0.39 is 17.6 Å². The van der Waals surface area contributed by atoms with E-state index in [2.05, 4.69) is 19.8 Å². The van der Waals surface area contributed by atoms with E-state index in [1.54, 1.807) is 11.1 Å². The van der Waals surface area contributed by atoms with Gasteiger partial charge < -0.3 is 4.90 Å². The van der Waals surface area contributed by atoms with Gasteiger partial charge in [0.2, 0.25) is 0 Å². The van der Waals surface area contributed by atoms with E-state index in [0.29, 0.717) is 17.7 Å². The van der Waals surface area contributed by atoms with Crippen LogP contribution in [0.5, 0.6) is 0 Å². The Kier molecular flexibility index (Phi) is 4.20. The van der Waals surface area contributed by atoms with Crippen LogP contribution in [0.4, 0.5) is 28.9 Å². The fourth-order valence-corrected chi connectivity index (χ4v) is 4.55. The first kappa shape index (κ1) is 18.6. The van der Waals surface area contributed by atoms with Crippen molar-refractivity contribution in [3.05, 3.63) is 35.8 Å². The first-order valence-corrected chi connectivity index (χ1v) is 9.85. The van der Waals surface area contributed by atoms with Crippen LogP contribution in [0.25, 0.3) is 0 Å². The lowest BCUT2D eigenvalue weighted by atomic mass is 10.1. The molecule has 0 amide bonds. The highest BCUT2D eigenvalue weighted by atomic mass is 19.4. The van der Waals surface area contributed by atoms with Crippen LogP contribution in [0.3, 0.4) is 0 Å². The zero-order chi connectivity index (χ0) is 20.3. The lowest BCUT2D eigenvalue weighted by Crippen LogP contribution is -2.56. The number of halogens is 4. The summed E-state index contributed by atoms with van der Waals surface area (Å²) in [5, 5.41) is 0. The van der Waals surface area contributed by atoms with Crippen LogP contribution in [0, 0.1) is 5.82 Å². The molecular weight excluding hydrogens is 386 g/mol. The van der Waals surface area contributed by atoms with E-state index in [1.807, 2.05) is 13.0 Å². The molecule has 9 heteroatoms. The molecule has 2 atom stereocenters. The van der Waals surface area contributed by atoms with Gasteiger partial charge in [-0.3, -0.25) is 14.8 Å². The molecule has 0 aliphatic carbocycles. The second-order valence-electron chi connectivity index (χ2n) is 7.94. The van der Waals surface area contributed by atoms with Crippen molar-refractivity contribution in [2.45, 2.75) is 38.0 Å². The fraction of sp³-hybridized carbons (Fsp3) is 0.500. The highest BCUT2D eigenvalue weighted by Crippen LogP contribution is 2.42. The summed E-state index contributed by atoms with van der Waals surface area (Å²) in [4.78, 5) is 15.5. The van der Waals surface area contributed by atoms with Gasteiger partial charge in [-0.2, -0.15) is 13.2 Å². The van der Waals surface area contributed by atoms with Gasteiger partial charge in [-0.25, -0.2) is 9.38 Å². The maximum atomic E-state index is 14.2. The molecule has 2 saturated heterocycles. The Morgan fingerprint density at radius 2 is 1.93 bits per heavy atom. The van der Waals surface area contributed by atoms with Gasteiger partial charge in [0.15, 0.2) is 11.7 Å². The molecule has 0 N–H and O–H groups in total. The monoisotopic (exact) mass is 407 g/mol. The number of hydrogen-bond acceptors (Lipinski definition) is 5. The highest BCUT2D eigenvalue weighted by Gasteiger charge is 2.40. The molecule has 1 aromatic carbocycles. The van der Waals surface area contributed by atoms with Crippen molar-refractivity contribution in [2.24, 2.45) is 9.98 Å². The molecule has 154 valence electrons. The van der Waals surface area contributed by atoms with Crippen LogP contribution < -0.4 is 4.90 Å². The van der Waals surface area contributed by atoms with Crippen LogP contribution in [0.15, 0.2) is 34.4 Å². The number of amidine groups is 2. The Morgan fingerprint density at radius 3 is 2.72 bits per heavy atom. The molecule has 0 bridgehead atoms. The Bertz CT molecular complexity index is 936. The molecule has 2 unspecified atom stereocenters. The zero-order valence-electron chi connectivity index (χ0n) is 16.0. The van der Waals surface area contributed by atoms with Gasteiger partial charge in [0, 0.05) is 37.9 Å². The molecule has 1 aromatic rings. The first-order chi connectivity index (χ1) is 13.8. The minimum absolute atomic E-state index is 0.108. The van der Waals surface area contributed by atoms with Crippen molar-refractivity contribution >= 4 is 23.0 Å². The number of alkyl halides is 3. The third-order valence-electron chi connectivity index (χ3n) is 6.01. The molecule has 0 aromatic heterocycles. The average Bonchev–Trinajstić information content (AvgIpc) is 3.13. The van der Waals surface area contributed by atoms with Crippen LogP contribution >= 0.6 is 0 Å². The van der Waals surface area contributed by atoms with Gasteiger partial charge in [0.25, 0.3) is 0 Å². The SMILES string of the molecule is CC1C=CN2C(=N1)C(N1CCN3CCCC3C1)=Nc1cc(F)c(C(F)(F)F)cc12. The van der Waals surface area contributed by atoms with Gasteiger partial charge >= 0.3 is 6.18 Å². The molecule has 5 rings (SSSR count). The van der Waals surface area contributed by atoms with Gasteiger partial charge in [-0.05, 0) is 38.5 Å². The standard InChI is InChI=1S/C20H21F4N5/c1-12-4-6-29-17-9-14(20(22,23)24)15(21)10-16(17)26-18(19(29)25-12)28-8-7-27-5-2-3-13(27)11-28/h4,6,9-10,12-13H,2-3,5,7-8,11H2,1H3. The molecule has 29 heavy (non-hydrogen) atoms. The molecular formula is C20H21F4N5. The number of hydrogen-bond donors (Lipinski definition) is 0. The minimum Gasteiger partial charge on any atom is -0.351 e. The van der Waals surface area contributed by atoms with Gasteiger partial charge in [0.1, 0.15) is 5.82 Å². The number of fused-ring (bicyclic) bond motifs is 4. The lowest BCUT2D eigenvalue weighted by molar-refractivity contribution is -0.139. The van der Waals surface area contributed by atoms with Crippen molar-refractivity contribution < 1.29 is 17.6 Å². The van der Waals surface area contributed by atoms with Gasteiger partial charge in [0.05, 0.1) is 23.0 Å². The van der Waals surface area contributed by atoms with E-state index in [4.69, 9.17) is 0 Å². The smallest absolute Gasteiger partial charge is 0.351 e. The molecule has 4 aliphatic heterocycles. The molecule has 5 nitrogen and oxygen atoms in total. The van der Waals surface area contributed by atoms with E-state index in [-0.39, 0.29) is 17.4 Å². The summed E-state index contributed by atoms with van der Waals surface area (Å²) in [6.45, 7) is 5.48. The number of benzene rings is 1. The summed E-state index contributed by atoms with van der Waals surface area (Å²) in [6.07, 6.45) is 1.04. The summed E-state index contributed by atoms with van der Waals surface area (Å²) in [5.74, 6) is -0.173. The van der Waals surface area contributed by atoms with Crippen molar-refractivity contribution in [3.8, 4) is 0 Å². The maximum Gasteiger partial charge on any atom is 0.419 e. The summed E-state index contributed by atoms with van der Waals surface area (Å²) in [6, 6.07) is 2.05. The lowest BCUT2D eigenvalue weighted by Gasteiger charge is -2.42. The Morgan fingerprint density at radius 1 is 1.10 bits per heavy atom. The summed E-state index contributed by atoms with van der Waals surface area (Å²) < 4.78 is 54.0. The zero-order valence-corrected chi connectivity index (χ0v) is 16.0. The Hall–Kier alpha value is -2.42. The minimum atomic E-state index is -4.77. The van der Waals surface area contributed by atoms with Crippen molar-refractivity contribution in [2.75, 3.05) is 31.1 Å². The quantitative estimate of drug-likeness (QED) is 0.614. The molecule has 0 radical (unpaired) electrons. The molecule has 2 fully saturated rings. The highest BCUT2D eigenvalue weighted by molar-refractivity contribution is 6.47. The third-order valence-corrected chi connectivity index (χ3v) is 6.01. The number of rotatable bonds is 0. The van der Waals surface area contributed by atoms with Gasteiger partial charge in [-0.1, -0.05) is 0 Å². The predicted molar refractivity (Wildman–Crippen MR) is 103 cm³/mol. The predicted octanol–water partition coefficient (Wildman–Crippen LogP) is 3.79. The maximum absolute atomic E-state index is 14.2. The molecule has 0 spiro atoms. The average molecular weight is 407 g/mol. The van der Waals surface area contributed by atoms with Crippen LogP contribution in [-0.2, 0) is 6.18 Å². The van der Waals surface area contributed by atoms with Crippen molar-refractivity contribution in [3.63, 3.8) is 0 Å². The molecule has 4 heterocycles. The van der Waals surface area contributed by atoms with E-state index in [1.165, 1.54) is 6.42 Å². The summed E-state index contributed by atoms with van der Waals surface area (Å²) >= 11 is 0. The normalized spacial score (nSPS) is 26.7.